The van der Waals surface area contributed by atoms with Crippen LogP contribution in [-0.4, -0.2) is 26.9 Å². The maximum absolute atomic E-state index is 12.6. The number of hydrogen-bond acceptors (Lipinski definition) is 5. The Balaban J connectivity index is 2.34. The van der Waals surface area contributed by atoms with Gasteiger partial charge in [0.25, 0.3) is 0 Å². The largest absolute Gasteiger partial charge is 0.495 e. The predicted octanol–water partition coefficient (Wildman–Crippen LogP) is 1.57. The molecule has 0 bridgehead atoms. The molecule has 0 aliphatic heterocycles. The van der Waals surface area contributed by atoms with Gasteiger partial charge >= 0.3 is 0 Å². The highest BCUT2D eigenvalue weighted by molar-refractivity contribution is 7.89. The van der Waals surface area contributed by atoms with Crippen molar-refractivity contribution in [1.82, 2.24) is 4.31 Å². The maximum atomic E-state index is 12.6. The number of nitrogens with zero attached hydrogens (tertiary/aromatic N) is 1. The Kier molecular flexibility index (Phi) is 4.66. The molecule has 0 fully saturated rings. The monoisotopic (exact) mass is 310 g/mol. The van der Waals surface area contributed by atoms with Crippen LogP contribution in [0.3, 0.4) is 0 Å². The quantitative estimate of drug-likeness (QED) is 0.875. The molecule has 2 N–H and O–H groups in total. The van der Waals surface area contributed by atoms with E-state index in [4.69, 9.17) is 14.9 Å². The summed E-state index contributed by atoms with van der Waals surface area (Å²) in [6.45, 7) is 0.468. The van der Waals surface area contributed by atoms with Gasteiger partial charge in [0.1, 0.15) is 16.4 Å². The molecule has 0 aliphatic carbocycles. The number of sulfonamides is 1. The molecule has 1 heterocycles. The molecule has 0 saturated heterocycles. The van der Waals surface area contributed by atoms with Crippen LogP contribution in [0.4, 0.5) is 0 Å². The van der Waals surface area contributed by atoms with E-state index in [-0.39, 0.29) is 17.2 Å². The first-order chi connectivity index (χ1) is 9.98. The molecule has 2 aromatic rings. The SMILES string of the molecule is COc1cc(CN)ccc1S(=O)(=O)N(C)Cc1ccco1. The predicted molar refractivity (Wildman–Crippen MR) is 78.2 cm³/mol. The second-order valence-electron chi connectivity index (χ2n) is 4.53. The van der Waals surface area contributed by atoms with Gasteiger partial charge in [-0.15, -0.1) is 0 Å². The molecule has 0 aliphatic rings. The van der Waals surface area contributed by atoms with E-state index in [9.17, 15) is 8.42 Å². The molecule has 0 amide bonds. The molecule has 0 unspecified atom stereocenters. The summed E-state index contributed by atoms with van der Waals surface area (Å²) < 4.78 is 36.8. The van der Waals surface area contributed by atoms with Crippen LogP contribution in [0.15, 0.2) is 45.9 Å². The van der Waals surface area contributed by atoms with Crippen LogP contribution in [0.1, 0.15) is 11.3 Å². The van der Waals surface area contributed by atoms with Gasteiger partial charge in [0.05, 0.1) is 19.9 Å². The van der Waals surface area contributed by atoms with Crippen molar-refractivity contribution in [2.24, 2.45) is 5.73 Å². The Morgan fingerprint density at radius 1 is 1.33 bits per heavy atom. The molecule has 1 aromatic heterocycles. The fraction of sp³-hybridized carbons (Fsp3) is 0.286. The Hall–Kier alpha value is -1.83. The summed E-state index contributed by atoms with van der Waals surface area (Å²) in [5.74, 6) is 0.850. The number of methoxy groups -OCH3 is 1. The van der Waals surface area contributed by atoms with E-state index in [0.29, 0.717) is 12.3 Å². The summed E-state index contributed by atoms with van der Waals surface area (Å²) in [6.07, 6.45) is 1.51. The molecule has 7 heteroatoms. The minimum absolute atomic E-state index is 0.108. The Labute approximate surface area is 124 Å². The fourth-order valence-corrected chi connectivity index (χ4v) is 3.20. The lowest BCUT2D eigenvalue weighted by Gasteiger charge is -2.18. The third-order valence-electron chi connectivity index (χ3n) is 3.11. The zero-order chi connectivity index (χ0) is 15.5. The molecule has 21 heavy (non-hydrogen) atoms. The molecule has 1 aromatic carbocycles. The summed E-state index contributed by atoms with van der Waals surface area (Å²) in [7, 11) is -0.749. The van der Waals surface area contributed by atoms with Crippen LogP contribution in [0.5, 0.6) is 5.75 Å². The van der Waals surface area contributed by atoms with Crippen molar-refractivity contribution in [3.8, 4) is 5.75 Å². The van der Waals surface area contributed by atoms with E-state index < -0.39 is 10.0 Å². The van der Waals surface area contributed by atoms with Gasteiger partial charge in [0.15, 0.2) is 0 Å². The molecule has 2 rings (SSSR count). The number of rotatable bonds is 6. The van der Waals surface area contributed by atoms with Crippen molar-refractivity contribution in [2.75, 3.05) is 14.2 Å². The second kappa shape index (κ2) is 6.30. The van der Waals surface area contributed by atoms with E-state index in [2.05, 4.69) is 0 Å². The van der Waals surface area contributed by atoms with E-state index >= 15 is 0 Å². The smallest absolute Gasteiger partial charge is 0.246 e. The zero-order valence-corrected chi connectivity index (χ0v) is 12.8. The highest BCUT2D eigenvalue weighted by Gasteiger charge is 2.25. The van der Waals surface area contributed by atoms with Crippen LogP contribution in [0.25, 0.3) is 0 Å². The van der Waals surface area contributed by atoms with Crippen molar-refractivity contribution < 1.29 is 17.6 Å². The first-order valence-corrected chi connectivity index (χ1v) is 7.78. The molecule has 0 radical (unpaired) electrons. The lowest BCUT2D eigenvalue weighted by Crippen LogP contribution is -2.26. The van der Waals surface area contributed by atoms with Gasteiger partial charge in [-0.25, -0.2) is 8.42 Å². The summed E-state index contributed by atoms with van der Waals surface area (Å²) in [5, 5.41) is 0. The second-order valence-corrected chi connectivity index (χ2v) is 6.54. The number of hydrogen-bond donors (Lipinski definition) is 1. The molecular formula is C14H18N2O4S. The van der Waals surface area contributed by atoms with E-state index in [1.165, 1.54) is 30.8 Å². The van der Waals surface area contributed by atoms with Crippen molar-refractivity contribution in [2.45, 2.75) is 18.0 Å². The van der Waals surface area contributed by atoms with Crippen molar-refractivity contribution in [3.63, 3.8) is 0 Å². The summed E-state index contributed by atoms with van der Waals surface area (Å²) in [4.78, 5) is 0.108. The van der Waals surface area contributed by atoms with Crippen LogP contribution in [-0.2, 0) is 23.1 Å². The first kappa shape index (κ1) is 15.6. The minimum atomic E-state index is -3.68. The van der Waals surface area contributed by atoms with Gasteiger partial charge in [0.2, 0.25) is 10.0 Å². The molecule has 0 spiro atoms. The molecule has 0 saturated carbocycles. The van der Waals surface area contributed by atoms with Gasteiger partial charge in [-0.3, -0.25) is 0 Å². The van der Waals surface area contributed by atoms with E-state index in [1.54, 1.807) is 24.3 Å². The first-order valence-electron chi connectivity index (χ1n) is 6.34. The average molecular weight is 310 g/mol. The lowest BCUT2D eigenvalue weighted by atomic mass is 10.2. The molecule has 114 valence electrons. The summed E-state index contributed by atoms with van der Waals surface area (Å²) in [6, 6.07) is 8.26. The van der Waals surface area contributed by atoms with Gasteiger partial charge < -0.3 is 14.9 Å². The Morgan fingerprint density at radius 3 is 2.67 bits per heavy atom. The maximum Gasteiger partial charge on any atom is 0.246 e. The third-order valence-corrected chi connectivity index (χ3v) is 4.95. The number of nitrogens with two attached hydrogens (primary N) is 1. The Morgan fingerprint density at radius 2 is 2.10 bits per heavy atom. The average Bonchev–Trinajstić information content (AvgIpc) is 2.99. The van der Waals surface area contributed by atoms with Crippen molar-refractivity contribution in [1.29, 1.82) is 0 Å². The van der Waals surface area contributed by atoms with Crippen LogP contribution in [0, 0.1) is 0 Å². The van der Waals surface area contributed by atoms with E-state index in [1.807, 2.05) is 0 Å². The van der Waals surface area contributed by atoms with Gasteiger partial charge in [0, 0.05) is 13.6 Å². The number of benzene rings is 1. The van der Waals surface area contributed by atoms with Gasteiger partial charge in [-0.2, -0.15) is 4.31 Å². The van der Waals surface area contributed by atoms with Crippen LogP contribution >= 0.6 is 0 Å². The zero-order valence-electron chi connectivity index (χ0n) is 11.9. The van der Waals surface area contributed by atoms with E-state index in [0.717, 1.165) is 5.56 Å². The van der Waals surface area contributed by atoms with Gasteiger partial charge in [-0.05, 0) is 29.8 Å². The standard InChI is InChI=1S/C14H18N2O4S/c1-16(10-12-4-3-7-20-12)21(17,18)14-6-5-11(9-15)8-13(14)19-2/h3-8H,9-10,15H2,1-2H3. The number of ether oxygens (including phenoxy) is 1. The molecular weight excluding hydrogens is 292 g/mol. The van der Waals surface area contributed by atoms with Crippen molar-refractivity contribution in [3.05, 3.63) is 47.9 Å². The number of furan rings is 1. The highest BCUT2D eigenvalue weighted by Crippen LogP contribution is 2.28. The highest BCUT2D eigenvalue weighted by atomic mass is 32.2. The molecule has 6 nitrogen and oxygen atoms in total. The van der Waals surface area contributed by atoms with Crippen LogP contribution in [0.2, 0.25) is 0 Å². The molecule has 0 atom stereocenters. The lowest BCUT2D eigenvalue weighted by molar-refractivity contribution is 0.388. The van der Waals surface area contributed by atoms with Crippen molar-refractivity contribution >= 4 is 10.0 Å². The normalized spacial score (nSPS) is 11.8. The fourth-order valence-electron chi connectivity index (χ4n) is 1.93. The van der Waals surface area contributed by atoms with Crippen LogP contribution < -0.4 is 10.5 Å². The third kappa shape index (κ3) is 3.26. The topological polar surface area (TPSA) is 85.8 Å². The minimum Gasteiger partial charge on any atom is -0.495 e. The summed E-state index contributed by atoms with van der Waals surface area (Å²) >= 11 is 0. The van der Waals surface area contributed by atoms with Gasteiger partial charge in [-0.1, -0.05) is 6.07 Å². The Bertz CT molecular complexity index is 696. The summed E-state index contributed by atoms with van der Waals surface area (Å²) in [5.41, 5.74) is 6.36.